The van der Waals surface area contributed by atoms with Crippen LogP contribution in [0.15, 0.2) is 48.5 Å². The number of carbonyl (C=O) groups excluding carboxylic acids is 1. The van der Waals surface area contributed by atoms with Crippen LogP contribution in [0.5, 0.6) is 0 Å². The molecule has 0 saturated heterocycles. The predicted molar refractivity (Wildman–Crippen MR) is 94.6 cm³/mol. The normalized spacial score (nSPS) is 10.1. The van der Waals surface area contributed by atoms with Crippen molar-refractivity contribution in [1.82, 2.24) is 0 Å². The van der Waals surface area contributed by atoms with Crippen molar-refractivity contribution < 1.29 is 9.53 Å². The third kappa shape index (κ3) is 3.20. The number of thiophene rings is 1. The molecule has 0 aliphatic carbocycles. The van der Waals surface area contributed by atoms with E-state index in [1.165, 1.54) is 11.3 Å². The van der Waals surface area contributed by atoms with Crippen LogP contribution in [0, 0.1) is 11.8 Å². The number of nitrogen functional groups attached to an aromatic ring is 1. The molecule has 4 heteroatoms. The zero-order chi connectivity index (χ0) is 16.2. The van der Waals surface area contributed by atoms with E-state index in [1.54, 1.807) is 6.92 Å². The molecular formula is C19H15NO2S. The Morgan fingerprint density at radius 3 is 2.70 bits per heavy atom. The van der Waals surface area contributed by atoms with Gasteiger partial charge in [-0.3, -0.25) is 0 Å². The Balaban J connectivity index is 2.07. The van der Waals surface area contributed by atoms with Gasteiger partial charge in [0.2, 0.25) is 0 Å². The monoisotopic (exact) mass is 321 g/mol. The molecule has 3 nitrogen and oxygen atoms in total. The molecule has 0 spiro atoms. The summed E-state index contributed by atoms with van der Waals surface area (Å²) in [4.78, 5) is 12.5. The van der Waals surface area contributed by atoms with Gasteiger partial charge in [-0.1, -0.05) is 30.0 Å². The van der Waals surface area contributed by atoms with Crippen LogP contribution in [0.1, 0.15) is 27.7 Å². The molecule has 0 saturated carbocycles. The fraction of sp³-hybridized carbons (Fsp3) is 0.105. The Morgan fingerprint density at radius 2 is 1.96 bits per heavy atom. The average molecular weight is 321 g/mol. The fourth-order valence-electron chi connectivity index (χ4n) is 2.23. The SMILES string of the molecule is CCOC(=O)c1cc2c(C#Cc3ccccc3)c(N)ccc2s1. The van der Waals surface area contributed by atoms with Crippen molar-refractivity contribution in [3.05, 3.63) is 64.5 Å². The van der Waals surface area contributed by atoms with Gasteiger partial charge >= 0.3 is 5.97 Å². The molecule has 0 aliphatic heterocycles. The van der Waals surface area contributed by atoms with Crippen molar-refractivity contribution in [3.8, 4) is 11.8 Å². The Kier molecular flexibility index (Phi) is 4.31. The minimum Gasteiger partial charge on any atom is -0.462 e. The van der Waals surface area contributed by atoms with E-state index >= 15 is 0 Å². The minimum atomic E-state index is -0.311. The van der Waals surface area contributed by atoms with Crippen molar-refractivity contribution in [3.63, 3.8) is 0 Å². The Morgan fingerprint density at radius 1 is 1.17 bits per heavy atom. The first-order chi connectivity index (χ1) is 11.2. The van der Waals surface area contributed by atoms with E-state index < -0.39 is 0 Å². The van der Waals surface area contributed by atoms with E-state index in [1.807, 2.05) is 48.5 Å². The molecule has 3 rings (SSSR count). The van der Waals surface area contributed by atoms with Crippen molar-refractivity contribution in [2.24, 2.45) is 0 Å². The first kappa shape index (κ1) is 15.1. The number of hydrogen-bond donors (Lipinski definition) is 1. The maximum atomic E-state index is 11.9. The molecule has 0 fully saturated rings. The van der Waals surface area contributed by atoms with E-state index in [4.69, 9.17) is 10.5 Å². The number of fused-ring (bicyclic) bond motifs is 1. The summed E-state index contributed by atoms with van der Waals surface area (Å²) in [6.07, 6.45) is 0. The second-order valence-corrected chi connectivity index (χ2v) is 5.97. The van der Waals surface area contributed by atoms with Crippen molar-refractivity contribution in [1.29, 1.82) is 0 Å². The lowest BCUT2D eigenvalue weighted by molar-refractivity contribution is 0.0532. The van der Waals surface area contributed by atoms with Gasteiger partial charge in [-0.25, -0.2) is 4.79 Å². The van der Waals surface area contributed by atoms with Gasteiger partial charge in [0.05, 0.1) is 12.2 Å². The number of nitrogens with two attached hydrogens (primary N) is 1. The maximum Gasteiger partial charge on any atom is 0.348 e. The van der Waals surface area contributed by atoms with Crippen molar-refractivity contribution in [2.75, 3.05) is 12.3 Å². The summed E-state index contributed by atoms with van der Waals surface area (Å²) in [6, 6.07) is 15.3. The number of anilines is 1. The summed E-state index contributed by atoms with van der Waals surface area (Å²) >= 11 is 1.39. The van der Waals surface area contributed by atoms with Gasteiger partial charge in [0.25, 0.3) is 0 Å². The highest BCUT2D eigenvalue weighted by Gasteiger charge is 2.14. The van der Waals surface area contributed by atoms with Crippen LogP contribution >= 0.6 is 11.3 Å². The molecule has 0 atom stereocenters. The van der Waals surface area contributed by atoms with Crippen LogP contribution in [0.2, 0.25) is 0 Å². The molecule has 0 bridgehead atoms. The van der Waals surface area contributed by atoms with Crippen LogP contribution in [0.4, 0.5) is 5.69 Å². The second-order valence-electron chi connectivity index (χ2n) is 4.89. The highest BCUT2D eigenvalue weighted by atomic mass is 32.1. The Labute approximate surface area is 138 Å². The number of carbonyl (C=O) groups is 1. The van der Waals surface area contributed by atoms with Crippen LogP contribution < -0.4 is 5.73 Å². The first-order valence-corrected chi connectivity index (χ1v) is 8.07. The quantitative estimate of drug-likeness (QED) is 0.440. The van der Waals surface area contributed by atoms with Crippen LogP contribution in [-0.2, 0) is 4.74 Å². The molecule has 0 unspecified atom stereocenters. The van der Waals surface area contributed by atoms with Gasteiger partial charge in [-0.15, -0.1) is 11.3 Å². The van der Waals surface area contributed by atoms with E-state index in [9.17, 15) is 4.79 Å². The standard InChI is InChI=1S/C19H15NO2S/c1-2-22-19(21)18-12-15-14(16(20)10-11-17(15)23-18)9-8-13-6-4-3-5-7-13/h3-7,10-12H,2,20H2,1H3. The Hall–Kier alpha value is -2.77. The van der Waals surface area contributed by atoms with E-state index in [0.29, 0.717) is 17.2 Å². The molecular weight excluding hydrogens is 306 g/mol. The summed E-state index contributed by atoms with van der Waals surface area (Å²) in [5.41, 5.74) is 8.36. The van der Waals surface area contributed by atoms with Crippen LogP contribution in [-0.4, -0.2) is 12.6 Å². The Bertz CT molecular complexity index is 917. The zero-order valence-corrected chi connectivity index (χ0v) is 13.4. The number of hydrogen-bond acceptors (Lipinski definition) is 4. The van der Waals surface area contributed by atoms with Crippen LogP contribution in [0.25, 0.3) is 10.1 Å². The third-order valence-electron chi connectivity index (χ3n) is 3.32. The summed E-state index contributed by atoms with van der Waals surface area (Å²) in [5.74, 6) is 5.94. The minimum absolute atomic E-state index is 0.311. The van der Waals surface area contributed by atoms with E-state index in [0.717, 1.165) is 21.2 Å². The van der Waals surface area contributed by atoms with Gasteiger partial charge in [-0.05, 0) is 37.3 Å². The van der Waals surface area contributed by atoms with Gasteiger partial charge in [-0.2, -0.15) is 0 Å². The molecule has 2 N–H and O–H groups in total. The molecule has 3 aromatic rings. The molecule has 23 heavy (non-hydrogen) atoms. The number of benzene rings is 2. The largest absolute Gasteiger partial charge is 0.462 e. The topological polar surface area (TPSA) is 52.3 Å². The summed E-state index contributed by atoms with van der Waals surface area (Å²) < 4.78 is 6.03. The second kappa shape index (κ2) is 6.55. The molecule has 0 amide bonds. The van der Waals surface area contributed by atoms with Gasteiger partial charge in [0.1, 0.15) is 4.88 Å². The molecule has 2 aromatic carbocycles. The first-order valence-electron chi connectivity index (χ1n) is 7.25. The molecule has 1 aromatic heterocycles. The highest BCUT2D eigenvalue weighted by molar-refractivity contribution is 7.20. The highest BCUT2D eigenvalue weighted by Crippen LogP contribution is 2.31. The molecule has 1 heterocycles. The smallest absolute Gasteiger partial charge is 0.348 e. The van der Waals surface area contributed by atoms with E-state index in [2.05, 4.69) is 11.8 Å². The zero-order valence-electron chi connectivity index (χ0n) is 12.6. The maximum absolute atomic E-state index is 11.9. The fourth-order valence-corrected chi connectivity index (χ4v) is 3.19. The molecule has 0 aliphatic rings. The average Bonchev–Trinajstić information content (AvgIpc) is 2.99. The molecule has 114 valence electrons. The van der Waals surface area contributed by atoms with E-state index in [-0.39, 0.29) is 5.97 Å². The van der Waals surface area contributed by atoms with Gasteiger partial charge in [0.15, 0.2) is 0 Å². The summed E-state index contributed by atoms with van der Waals surface area (Å²) in [6.45, 7) is 2.15. The lowest BCUT2D eigenvalue weighted by atomic mass is 10.1. The van der Waals surface area contributed by atoms with Crippen LogP contribution in [0.3, 0.4) is 0 Å². The number of esters is 1. The summed E-state index contributed by atoms with van der Waals surface area (Å²) in [7, 11) is 0. The predicted octanol–water partition coefficient (Wildman–Crippen LogP) is 4.06. The van der Waals surface area contributed by atoms with Gasteiger partial charge in [0, 0.05) is 21.3 Å². The lowest BCUT2D eigenvalue weighted by Gasteiger charge is -1.99. The number of ether oxygens (including phenoxy) is 1. The third-order valence-corrected chi connectivity index (χ3v) is 4.40. The lowest BCUT2D eigenvalue weighted by Crippen LogP contribution is -2.01. The number of rotatable bonds is 2. The summed E-state index contributed by atoms with van der Waals surface area (Å²) in [5, 5.41) is 0.890. The van der Waals surface area contributed by atoms with Crippen molar-refractivity contribution >= 4 is 33.1 Å². The van der Waals surface area contributed by atoms with Gasteiger partial charge < -0.3 is 10.5 Å². The van der Waals surface area contributed by atoms with Crippen molar-refractivity contribution in [2.45, 2.75) is 6.92 Å². The molecule has 0 radical (unpaired) electrons.